The molecule has 0 saturated carbocycles. The molecule has 122 valence electrons. The molecule has 0 aliphatic rings. The number of amides is 1. The molecule has 0 unspecified atom stereocenters. The lowest BCUT2D eigenvalue weighted by molar-refractivity contribution is -0.118. The summed E-state index contributed by atoms with van der Waals surface area (Å²) in [4.78, 5) is 11.9. The molecule has 0 spiro atoms. The fourth-order valence-electron chi connectivity index (χ4n) is 1.99. The van der Waals surface area contributed by atoms with Crippen molar-refractivity contribution in [2.45, 2.75) is 20.8 Å². The Labute approximate surface area is 137 Å². The zero-order valence-electron chi connectivity index (χ0n) is 13.8. The van der Waals surface area contributed by atoms with Crippen molar-refractivity contribution in [3.8, 4) is 11.5 Å². The molecule has 0 saturated heterocycles. The van der Waals surface area contributed by atoms with Gasteiger partial charge in [-0.2, -0.15) is 0 Å². The number of aryl methyl sites for hydroxylation is 1. The summed E-state index contributed by atoms with van der Waals surface area (Å²) in [6, 6.07) is 15.0. The van der Waals surface area contributed by atoms with Crippen LogP contribution in [0, 0.1) is 12.8 Å². The maximum Gasteiger partial charge on any atom is 0.262 e. The summed E-state index contributed by atoms with van der Waals surface area (Å²) in [5, 5.41) is 2.81. The Balaban J connectivity index is 1.85. The van der Waals surface area contributed by atoms with Crippen molar-refractivity contribution in [1.82, 2.24) is 0 Å². The van der Waals surface area contributed by atoms with Crippen molar-refractivity contribution in [3.63, 3.8) is 0 Å². The van der Waals surface area contributed by atoms with Gasteiger partial charge in [-0.15, -0.1) is 0 Å². The molecule has 2 aromatic rings. The van der Waals surface area contributed by atoms with Crippen LogP contribution in [0.1, 0.15) is 19.4 Å². The summed E-state index contributed by atoms with van der Waals surface area (Å²) in [7, 11) is 0. The van der Waals surface area contributed by atoms with E-state index in [4.69, 9.17) is 9.47 Å². The summed E-state index contributed by atoms with van der Waals surface area (Å²) >= 11 is 0. The van der Waals surface area contributed by atoms with E-state index in [1.165, 1.54) is 0 Å². The lowest BCUT2D eigenvalue weighted by Crippen LogP contribution is -2.20. The maximum atomic E-state index is 11.9. The Morgan fingerprint density at radius 3 is 2.43 bits per heavy atom. The minimum atomic E-state index is -0.191. The molecule has 0 aliphatic heterocycles. The third kappa shape index (κ3) is 6.02. The molecular formula is C19H23NO3. The Hall–Kier alpha value is -2.49. The molecule has 0 fully saturated rings. The van der Waals surface area contributed by atoms with Crippen LogP contribution in [0.15, 0.2) is 48.5 Å². The van der Waals surface area contributed by atoms with Crippen LogP contribution in [0.3, 0.4) is 0 Å². The van der Waals surface area contributed by atoms with Gasteiger partial charge < -0.3 is 14.8 Å². The number of hydrogen-bond donors (Lipinski definition) is 1. The molecule has 0 radical (unpaired) electrons. The highest BCUT2D eigenvalue weighted by Crippen LogP contribution is 2.20. The highest BCUT2D eigenvalue weighted by atomic mass is 16.5. The van der Waals surface area contributed by atoms with Gasteiger partial charge in [-0.25, -0.2) is 0 Å². The Bertz CT molecular complexity index is 653. The number of anilines is 1. The van der Waals surface area contributed by atoms with Crippen molar-refractivity contribution >= 4 is 11.6 Å². The Kier molecular flexibility index (Phi) is 6.03. The van der Waals surface area contributed by atoms with Crippen LogP contribution in [0.25, 0.3) is 0 Å². The van der Waals surface area contributed by atoms with Crippen LogP contribution in [0.4, 0.5) is 5.69 Å². The molecule has 4 heteroatoms. The van der Waals surface area contributed by atoms with Gasteiger partial charge in [-0.05, 0) is 42.7 Å². The number of hydrogen-bond acceptors (Lipinski definition) is 3. The van der Waals surface area contributed by atoms with Crippen LogP contribution in [0.2, 0.25) is 0 Å². The van der Waals surface area contributed by atoms with Crippen LogP contribution >= 0.6 is 0 Å². The maximum absolute atomic E-state index is 11.9. The van der Waals surface area contributed by atoms with Crippen molar-refractivity contribution in [3.05, 3.63) is 54.1 Å². The van der Waals surface area contributed by atoms with E-state index in [0.717, 1.165) is 17.0 Å². The van der Waals surface area contributed by atoms with Gasteiger partial charge in [0.15, 0.2) is 6.61 Å². The zero-order chi connectivity index (χ0) is 16.7. The molecular weight excluding hydrogens is 290 g/mol. The van der Waals surface area contributed by atoms with E-state index in [-0.39, 0.29) is 12.5 Å². The molecule has 4 nitrogen and oxygen atoms in total. The smallest absolute Gasteiger partial charge is 0.262 e. The number of nitrogens with one attached hydrogen (secondary N) is 1. The van der Waals surface area contributed by atoms with E-state index >= 15 is 0 Å². The topological polar surface area (TPSA) is 47.6 Å². The summed E-state index contributed by atoms with van der Waals surface area (Å²) in [5.74, 6) is 1.63. The predicted octanol–water partition coefficient (Wildman–Crippen LogP) is 4.05. The normalized spacial score (nSPS) is 10.4. The van der Waals surface area contributed by atoms with Crippen LogP contribution < -0.4 is 14.8 Å². The fourth-order valence-corrected chi connectivity index (χ4v) is 1.99. The van der Waals surface area contributed by atoms with Gasteiger partial charge in [0.25, 0.3) is 5.91 Å². The molecule has 0 atom stereocenters. The monoisotopic (exact) mass is 313 g/mol. The second-order valence-electron chi connectivity index (χ2n) is 5.89. The molecule has 0 aromatic heterocycles. The Morgan fingerprint density at radius 1 is 1.04 bits per heavy atom. The van der Waals surface area contributed by atoms with Crippen molar-refractivity contribution in [2.24, 2.45) is 5.92 Å². The SMILES string of the molecule is Cc1cccc(NC(=O)COc2cccc(OCC(C)C)c2)c1. The van der Waals surface area contributed by atoms with Crippen LogP contribution in [0.5, 0.6) is 11.5 Å². The van der Waals surface area contributed by atoms with Gasteiger partial charge in [0.05, 0.1) is 6.61 Å². The number of benzene rings is 2. The Morgan fingerprint density at radius 2 is 1.74 bits per heavy atom. The number of carbonyl (C=O) groups is 1. The van der Waals surface area contributed by atoms with Crippen molar-refractivity contribution in [1.29, 1.82) is 0 Å². The molecule has 1 N–H and O–H groups in total. The number of carbonyl (C=O) groups excluding carboxylic acids is 1. The van der Waals surface area contributed by atoms with Crippen molar-refractivity contribution in [2.75, 3.05) is 18.5 Å². The lowest BCUT2D eigenvalue weighted by Gasteiger charge is -2.11. The van der Waals surface area contributed by atoms with Crippen molar-refractivity contribution < 1.29 is 14.3 Å². The molecule has 0 heterocycles. The van der Waals surface area contributed by atoms with E-state index in [1.54, 1.807) is 6.07 Å². The molecule has 2 rings (SSSR count). The number of rotatable bonds is 7. The summed E-state index contributed by atoms with van der Waals surface area (Å²) in [6.45, 7) is 6.78. The highest BCUT2D eigenvalue weighted by molar-refractivity contribution is 5.91. The fraction of sp³-hybridized carbons (Fsp3) is 0.316. The molecule has 0 aliphatic carbocycles. The molecule has 0 bridgehead atoms. The van der Waals surface area contributed by atoms with E-state index < -0.39 is 0 Å². The zero-order valence-corrected chi connectivity index (χ0v) is 13.8. The molecule has 23 heavy (non-hydrogen) atoms. The average molecular weight is 313 g/mol. The second-order valence-corrected chi connectivity index (χ2v) is 5.89. The molecule has 2 aromatic carbocycles. The quantitative estimate of drug-likeness (QED) is 0.839. The van der Waals surface area contributed by atoms with E-state index in [9.17, 15) is 4.79 Å². The van der Waals surface area contributed by atoms with Gasteiger partial charge >= 0.3 is 0 Å². The first-order valence-electron chi connectivity index (χ1n) is 7.75. The largest absolute Gasteiger partial charge is 0.493 e. The van der Waals surface area contributed by atoms with Crippen LogP contribution in [-0.4, -0.2) is 19.1 Å². The van der Waals surface area contributed by atoms with Gasteiger partial charge in [0.1, 0.15) is 11.5 Å². The van der Waals surface area contributed by atoms with E-state index in [0.29, 0.717) is 18.3 Å². The summed E-state index contributed by atoms with van der Waals surface area (Å²) in [6.07, 6.45) is 0. The minimum Gasteiger partial charge on any atom is -0.493 e. The van der Waals surface area contributed by atoms with Gasteiger partial charge in [0.2, 0.25) is 0 Å². The first kappa shape index (κ1) is 16.9. The second kappa shape index (κ2) is 8.22. The van der Waals surface area contributed by atoms with Gasteiger partial charge in [-0.3, -0.25) is 4.79 Å². The number of ether oxygens (including phenoxy) is 2. The molecule has 1 amide bonds. The average Bonchev–Trinajstić information content (AvgIpc) is 2.51. The summed E-state index contributed by atoms with van der Waals surface area (Å²) < 4.78 is 11.2. The predicted molar refractivity (Wildman–Crippen MR) is 92.1 cm³/mol. The van der Waals surface area contributed by atoms with E-state index in [1.807, 2.05) is 49.4 Å². The first-order valence-corrected chi connectivity index (χ1v) is 7.75. The standard InChI is InChI=1S/C19H23NO3/c1-14(2)12-22-17-8-5-9-18(11-17)23-13-19(21)20-16-7-4-6-15(3)10-16/h4-11,14H,12-13H2,1-3H3,(H,20,21). The van der Waals surface area contributed by atoms with E-state index in [2.05, 4.69) is 19.2 Å². The highest BCUT2D eigenvalue weighted by Gasteiger charge is 2.05. The minimum absolute atomic E-state index is 0.0401. The lowest BCUT2D eigenvalue weighted by atomic mass is 10.2. The first-order chi connectivity index (χ1) is 11.0. The van der Waals surface area contributed by atoms with Gasteiger partial charge in [-0.1, -0.05) is 32.0 Å². The third-order valence-electron chi connectivity index (χ3n) is 3.06. The summed E-state index contributed by atoms with van der Waals surface area (Å²) in [5.41, 5.74) is 1.87. The van der Waals surface area contributed by atoms with Gasteiger partial charge in [0, 0.05) is 11.8 Å². The van der Waals surface area contributed by atoms with Crippen LogP contribution in [-0.2, 0) is 4.79 Å². The third-order valence-corrected chi connectivity index (χ3v) is 3.06.